The van der Waals surface area contributed by atoms with Crippen LogP contribution in [0.1, 0.15) is 51.6 Å². The number of aryl methyl sites for hydroxylation is 1. The van der Waals surface area contributed by atoms with Crippen LogP contribution in [0.2, 0.25) is 0 Å². The van der Waals surface area contributed by atoms with Crippen molar-refractivity contribution >= 4 is 5.91 Å². The zero-order chi connectivity index (χ0) is 26.1. The second-order valence-electron chi connectivity index (χ2n) is 8.64. The van der Waals surface area contributed by atoms with Gasteiger partial charge in [0, 0.05) is 44.8 Å². The van der Waals surface area contributed by atoms with Gasteiger partial charge >= 0.3 is 12.4 Å². The van der Waals surface area contributed by atoms with Gasteiger partial charge in [0.1, 0.15) is 0 Å². The molecule has 4 rings (SSSR count). The van der Waals surface area contributed by atoms with E-state index in [1.807, 2.05) is 6.07 Å². The molecule has 1 aliphatic rings. The Balaban J connectivity index is 1.47. The lowest BCUT2D eigenvalue weighted by molar-refractivity contribution is -0.142. The highest BCUT2D eigenvalue weighted by atomic mass is 19.4. The van der Waals surface area contributed by atoms with E-state index in [4.69, 9.17) is 0 Å². The standard InChI is InChI=1S/C24H23F6N5O/c1-34-14-19(21(33-34)24(28,29)30)22(36)35-11-8-18(9-12-35)32-20(16-3-2-10-31-13-16)15-4-6-17(7-5-15)23(25,26)27/h2-7,10,13-14,18,20,32H,8-9,11-12H2,1H3. The molecular weight excluding hydrogens is 488 g/mol. The van der Waals surface area contributed by atoms with Crippen LogP contribution in [0.25, 0.3) is 0 Å². The molecule has 1 unspecified atom stereocenters. The molecule has 1 saturated heterocycles. The summed E-state index contributed by atoms with van der Waals surface area (Å²) in [6.45, 7) is 0.435. The van der Waals surface area contributed by atoms with Gasteiger partial charge < -0.3 is 10.2 Å². The molecule has 192 valence electrons. The van der Waals surface area contributed by atoms with Gasteiger partial charge in [0.2, 0.25) is 0 Å². The third kappa shape index (κ3) is 5.69. The third-order valence-electron chi connectivity index (χ3n) is 6.10. The fraction of sp³-hybridized carbons (Fsp3) is 0.375. The number of nitrogens with one attached hydrogen (secondary N) is 1. The molecule has 0 saturated carbocycles. The molecule has 6 nitrogen and oxygen atoms in total. The van der Waals surface area contributed by atoms with Crippen LogP contribution in [-0.4, -0.2) is 44.7 Å². The van der Waals surface area contributed by atoms with E-state index in [9.17, 15) is 31.1 Å². The van der Waals surface area contributed by atoms with E-state index >= 15 is 0 Å². The minimum atomic E-state index is -4.75. The number of amides is 1. The van der Waals surface area contributed by atoms with Crippen LogP contribution in [0, 0.1) is 0 Å². The highest BCUT2D eigenvalue weighted by Crippen LogP contribution is 2.33. The quantitative estimate of drug-likeness (QED) is 0.499. The molecule has 3 aromatic rings. The van der Waals surface area contributed by atoms with Crippen molar-refractivity contribution in [1.29, 1.82) is 0 Å². The number of piperidine rings is 1. The number of benzene rings is 1. The Labute approximate surface area is 202 Å². The van der Waals surface area contributed by atoms with Gasteiger partial charge in [-0.1, -0.05) is 18.2 Å². The summed E-state index contributed by atoms with van der Waals surface area (Å²) in [5.74, 6) is -0.736. The van der Waals surface area contributed by atoms with Gasteiger partial charge in [0.05, 0.1) is 17.2 Å². The van der Waals surface area contributed by atoms with Crippen molar-refractivity contribution in [3.63, 3.8) is 0 Å². The summed E-state index contributed by atoms with van der Waals surface area (Å²) in [7, 11) is 1.32. The van der Waals surface area contributed by atoms with Crippen LogP contribution in [0.3, 0.4) is 0 Å². The maximum atomic E-state index is 13.3. The number of alkyl halides is 6. The fourth-order valence-electron chi connectivity index (χ4n) is 4.31. The lowest BCUT2D eigenvalue weighted by atomic mass is 9.95. The van der Waals surface area contributed by atoms with Gasteiger partial charge in [-0.05, 0) is 42.2 Å². The smallest absolute Gasteiger partial charge is 0.338 e. The zero-order valence-corrected chi connectivity index (χ0v) is 19.1. The van der Waals surface area contributed by atoms with Crippen LogP contribution < -0.4 is 5.32 Å². The van der Waals surface area contributed by atoms with E-state index in [0.717, 1.165) is 28.6 Å². The van der Waals surface area contributed by atoms with Gasteiger partial charge in [-0.25, -0.2) is 0 Å². The summed E-state index contributed by atoms with van der Waals surface area (Å²) in [4.78, 5) is 18.3. The third-order valence-corrected chi connectivity index (χ3v) is 6.10. The topological polar surface area (TPSA) is 63.1 Å². The van der Waals surface area contributed by atoms with Crippen LogP contribution in [-0.2, 0) is 19.4 Å². The highest BCUT2D eigenvalue weighted by Gasteiger charge is 2.40. The molecule has 1 aromatic carbocycles. The molecule has 1 N–H and O–H groups in total. The number of halogens is 6. The van der Waals surface area contributed by atoms with Crippen LogP contribution in [0.15, 0.2) is 55.0 Å². The van der Waals surface area contributed by atoms with E-state index in [1.54, 1.807) is 18.5 Å². The van der Waals surface area contributed by atoms with Gasteiger partial charge in [-0.2, -0.15) is 31.4 Å². The summed E-state index contributed by atoms with van der Waals surface area (Å²) >= 11 is 0. The average molecular weight is 511 g/mol. The van der Waals surface area contributed by atoms with Crippen molar-refractivity contribution in [2.24, 2.45) is 7.05 Å². The molecule has 0 radical (unpaired) electrons. The number of rotatable bonds is 5. The number of likely N-dealkylation sites (tertiary alicyclic amines) is 1. The summed E-state index contributed by atoms with van der Waals surface area (Å²) in [5.41, 5.74) is -1.10. The van der Waals surface area contributed by atoms with Gasteiger partial charge in [-0.15, -0.1) is 0 Å². The number of carbonyl (C=O) groups is 1. The molecule has 1 atom stereocenters. The molecule has 1 aliphatic heterocycles. The van der Waals surface area contributed by atoms with E-state index in [2.05, 4.69) is 15.4 Å². The fourth-order valence-corrected chi connectivity index (χ4v) is 4.31. The summed E-state index contributed by atoms with van der Waals surface area (Å²) in [6.07, 6.45) is -4.02. The molecular formula is C24H23F6N5O. The summed E-state index contributed by atoms with van der Waals surface area (Å²) in [6, 6.07) is 7.81. The van der Waals surface area contributed by atoms with Crippen LogP contribution >= 0.6 is 0 Å². The molecule has 2 aromatic heterocycles. The zero-order valence-electron chi connectivity index (χ0n) is 19.1. The first kappa shape index (κ1) is 25.7. The normalized spacial score (nSPS) is 16.2. The van der Waals surface area contributed by atoms with Crippen molar-refractivity contribution in [1.82, 2.24) is 25.0 Å². The van der Waals surface area contributed by atoms with Crippen LogP contribution in [0.4, 0.5) is 26.3 Å². The molecule has 36 heavy (non-hydrogen) atoms. The number of hydrogen-bond acceptors (Lipinski definition) is 4. The Kier molecular flexibility index (Phi) is 7.07. The Morgan fingerprint density at radius 1 is 1.00 bits per heavy atom. The van der Waals surface area contributed by atoms with Gasteiger partial charge in [-0.3, -0.25) is 14.5 Å². The van der Waals surface area contributed by atoms with Crippen molar-refractivity contribution in [3.05, 3.63) is 82.9 Å². The maximum absolute atomic E-state index is 13.3. The van der Waals surface area contributed by atoms with Crippen molar-refractivity contribution in [3.8, 4) is 0 Å². The first-order valence-corrected chi connectivity index (χ1v) is 11.2. The predicted octanol–water partition coefficient (Wildman–Crippen LogP) is 4.84. The predicted molar refractivity (Wildman–Crippen MR) is 118 cm³/mol. The molecule has 12 heteroatoms. The molecule has 0 spiro atoms. The molecule has 0 bridgehead atoms. The Bertz CT molecular complexity index is 1180. The van der Waals surface area contributed by atoms with E-state index in [-0.39, 0.29) is 19.1 Å². The molecule has 3 heterocycles. The monoisotopic (exact) mass is 511 g/mol. The number of hydrogen-bond donors (Lipinski definition) is 1. The number of carbonyl (C=O) groups excluding carboxylic acids is 1. The largest absolute Gasteiger partial charge is 0.435 e. The van der Waals surface area contributed by atoms with Crippen molar-refractivity contribution in [2.45, 2.75) is 37.3 Å². The summed E-state index contributed by atoms with van der Waals surface area (Å²) < 4.78 is 79.8. The van der Waals surface area contributed by atoms with Gasteiger partial charge in [0.25, 0.3) is 5.91 Å². The van der Waals surface area contributed by atoms with Crippen LogP contribution in [0.5, 0.6) is 0 Å². The number of aromatic nitrogens is 3. The van der Waals surface area contributed by atoms with Crippen molar-refractivity contribution < 1.29 is 31.1 Å². The maximum Gasteiger partial charge on any atom is 0.435 e. The first-order valence-electron chi connectivity index (χ1n) is 11.2. The second-order valence-corrected chi connectivity index (χ2v) is 8.64. The number of nitrogens with zero attached hydrogens (tertiary/aromatic N) is 4. The molecule has 1 fully saturated rings. The SMILES string of the molecule is Cn1cc(C(=O)N2CCC(NC(c3ccc(C(F)(F)F)cc3)c3cccnc3)CC2)c(C(F)(F)F)n1. The minimum Gasteiger partial charge on any atom is -0.338 e. The Hall–Kier alpha value is -3.41. The lowest BCUT2D eigenvalue weighted by Gasteiger charge is -2.35. The Morgan fingerprint density at radius 2 is 1.67 bits per heavy atom. The molecule has 0 aliphatic carbocycles. The van der Waals surface area contributed by atoms with E-state index in [1.165, 1.54) is 24.1 Å². The van der Waals surface area contributed by atoms with E-state index in [0.29, 0.717) is 18.4 Å². The number of pyridine rings is 1. The minimum absolute atomic E-state index is 0.127. The lowest BCUT2D eigenvalue weighted by Crippen LogP contribution is -2.46. The van der Waals surface area contributed by atoms with Crippen molar-refractivity contribution in [2.75, 3.05) is 13.1 Å². The Morgan fingerprint density at radius 3 is 2.22 bits per heavy atom. The second kappa shape index (κ2) is 9.92. The summed E-state index contributed by atoms with van der Waals surface area (Å²) in [5, 5.41) is 6.83. The molecule has 1 amide bonds. The highest BCUT2D eigenvalue weighted by molar-refractivity contribution is 5.95. The van der Waals surface area contributed by atoms with Gasteiger partial charge in [0.15, 0.2) is 5.69 Å². The first-order chi connectivity index (χ1) is 16.9. The average Bonchev–Trinajstić information content (AvgIpc) is 3.25. The van der Waals surface area contributed by atoms with E-state index < -0.39 is 41.1 Å².